The molecular weight excluding hydrogens is 518 g/mol. The number of methoxy groups -OCH3 is 1. The van der Waals surface area contributed by atoms with Crippen LogP contribution in [-0.4, -0.2) is 70.0 Å². The predicted octanol–water partition coefficient (Wildman–Crippen LogP) is 3.88. The number of rotatable bonds is 9. The first-order valence-corrected chi connectivity index (χ1v) is 13.9. The summed E-state index contributed by atoms with van der Waals surface area (Å²) < 4.78 is 12.9. The Labute approximate surface area is 238 Å². The molecule has 3 heterocycles. The summed E-state index contributed by atoms with van der Waals surface area (Å²) >= 11 is 0. The third-order valence-corrected chi connectivity index (χ3v) is 7.55. The number of H-pyrrole nitrogens is 1. The van der Waals surface area contributed by atoms with Crippen molar-refractivity contribution in [3.63, 3.8) is 0 Å². The van der Waals surface area contributed by atoms with Gasteiger partial charge >= 0.3 is 0 Å². The molecule has 1 fully saturated rings. The van der Waals surface area contributed by atoms with Crippen LogP contribution < -0.4 is 19.9 Å². The van der Waals surface area contributed by atoms with Crippen LogP contribution in [0.25, 0.3) is 10.9 Å². The smallest absolute Gasteiger partial charge is 0.253 e. The molecule has 0 spiro atoms. The van der Waals surface area contributed by atoms with Gasteiger partial charge in [-0.3, -0.25) is 9.69 Å². The van der Waals surface area contributed by atoms with Crippen molar-refractivity contribution in [2.24, 2.45) is 0 Å². The number of aromatic nitrogens is 5. The molecule has 10 nitrogen and oxygen atoms in total. The molecule has 0 radical (unpaired) electrons. The van der Waals surface area contributed by atoms with Crippen LogP contribution in [-0.2, 0) is 6.54 Å². The van der Waals surface area contributed by atoms with Gasteiger partial charge in [-0.25, -0.2) is 4.68 Å². The van der Waals surface area contributed by atoms with E-state index < -0.39 is 6.04 Å². The summed E-state index contributed by atoms with van der Waals surface area (Å²) in [6.07, 6.45) is 0. The maximum atomic E-state index is 13.6. The topological polar surface area (TPSA) is 101 Å². The lowest BCUT2D eigenvalue weighted by Gasteiger charge is -2.39. The van der Waals surface area contributed by atoms with Crippen LogP contribution in [0.1, 0.15) is 29.9 Å². The van der Waals surface area contributed by atoms with E-state index in [1.165, 1.54) is 0 Å². The van der Waals surface area contributed by atoms with Crippen molar-refractivity contribution >= 4 is 16.6 Å². The van der Waals surface area contributed by atoms with E-state index in [1.807, 2.05) is 73.7 Å². The van der Waals surface area contributed by atoms with E-state index >= 15 is 0 Å². The summed E-state index contributed by atoms with van der Waals surface area (Å²) in [6, 6.07) is 25.4. The molecule has 0 aliphatic carbocycles. The number of aromatic amines is 1. The van der Waals surface area contributed by atoms with Gasteiger partial charge in [0.2, 0.25) is 0 Å². The van der Waals surface area contributed by atoms with Gasteiger partial charge in [0, 0.05) is 48.3 Å². The lowest BCUT2D eigenvalue weighted by Crippen LogP contribution is -2.49. The van der Waals surface area contributed by atoms with E-state index in [0.29, 0.717) is 24.5 Å². The molecule has 1 aliphatic rings. The minimum atomic E-state index is -0.435. The highest BCUT2D eigenvalue weighted by atomic mass is 16.5. The number of anilines is 1. The Hall–Kier alpha value is -4.70. The molecule has 1 saturated heterocycles. The van der Waals surface area contributed by atoms with Gasteiger partial charge in [0.25, 0.3) is 5.56 Å². The largest absolute Gasteiger partial charge is 0.497 e. The van der Waals surface area contributed by atoms with Gasteiger partial charge in [0.05, 0.1) is 20.3 Å². The second kappa shape index (κ2) is 11.8. The van der Waals surface area contributed by atoms with E-state index in [2.05, 4.69) is 42.4 Å². The van der Waals surface area contributed by atoms with Crippen LogP contribution in [0.3, 0.4) is 0 Å². The summed E-state index contributed by atoms with van der Waals surface area (Å²) in [6.45, 7) is 6.07. The zero-order valence-corrected chi connectivity index (χ0v) is 23.2. The third kappa shape index (κ3) is 5.64. The normalized spacial score (nSPS) is 14.7. The number of fused-ring (bicyclic) bond motifs is 1. The maximum Gasteiger partial charge on any atom is 0.253 e. The molecule has 3 aromatic carbocycles. The fourth-order valence-electron chi connectivity index (χ4n) is 5.47. The summed E-state index contributed by atoms with van der Waals surface area (Å²) in [7, 11) is 1.67. The Morgan fingerprint density at radius 1 is 0.927 bits per heavy atom. The molecule has 0 saturated carbocycles. The number of hydrogen-bond donors (Lipinski definition) is 1. The van der Waals surface area contributed by atoms with Crippen LogP contribution in [0.2, 0.25) is 0 Å². The molecule has 6 rings (SSSR count). The van der Waals surface area contributed by atoms with Gasteiger partial charge in [-0.05, 0) is 71.4 Å². The van der Waals surface area contributed by atoms with Gasteiger partial charge in [-0.1, -0.05) is 30.3 Å². The van der Waals surface area contributed by atoms with Crippen LogP contribution in [0.15, 0.2) is 83.7 Å². The Balaban J connectivity index is 1.37. The Kier molecular flexibility index (Phi) is 7.64. The Morgan fingerprint density at radius 2 is 1.68 bits per heavy atom. The SMILES string of the molecule is CCOc1ccc2[nH]c(=O)c([C@@H](c3nnnn3Cc3ccccc3)N3CCN(c4ccc(OC)cc4)CC3)cc2c1. The number of ether oxygens (including phenoxy) is 2. The molecule has 0 unspecified atom stereocenters. The van der Waals surface area contributed by atoms with E-state index in [-0.39, 0.29) is 5.56 Å². The van der Waals surface area contributed by atoms with Gasteiger partial charge in [-0.15, -0.1) is 5.10 Å². The summed E-state index contributed by atoms with van der Waals surface area (Å²) in [5, 5.41) is 13.8. The fraction of sp³-hybridized carbons (Fsp3) is 0.290. The average molecular weight is 552 g/mol. The maximum absolute atomic E-state index is 13.6. The van der Waals surface area contributed by atoms with Gasteiger partial charge in [0.1, 0.15) is 17.5 Å². The van der Waals surface area contributed by atoms with E-state index in [0.717, 1.165) is 59.8 Å². The summed E-state index contributed by atoms with van der Waals surface area (Å²) in [4.78, 5) is 21.4. The molecule has 0 amide bonds. The standard InChI is InChI=1S/C31H33N7O3/c1-3-41-26-13-14-28-23(19-26)20-27(31(39)32-28)29(30-33-34-35-38(30)21-22-7-5-4-6-8-22)37-17-15-36(16-18-37)24-9-11-25(40-2)12-10-24/h4-14,19-20,29H,3,15-18,21H2,1-2H3,(H,32,39)/t29-/m0/s1. The van der Waals surface area contributed by atoms with E-state index in [9.17, 15) is 4.79 Å². The number of nitrogens with zero attached hydrogens (tertiary/aromatic N) is 6. The lowest BCUT2D eigenvalue weighted by atomic mass is 10.0. The molecule has 5 aromatic rings. The van der Waals surface area contributed by atoms with Crippen molar-refractivity contribution in [2.45, 2.75) is 19.5 Å². The molecule has 1 atom stereocenters. The zero-order valence-electron chi connectivity index (χ0n) is 23.2. The van der Waals surface area contributed by atoms with E-state index in [4.69, 9.17) is 9.47 Å². The number of hydrogen-bond acceptors (Lipinski definition) is 8. The monoisotopic (exact) mass is 551 g/mol. The molecule has 41 heavy (non-hydrogen) atoms. The number of pyridine rings is 1. The zero-order chi connectivity index (χ0) is 28.2. The van der Waals surface area contributed by atoms with Gasteiger partial charge in [0.15, 0.2) is 5.82 Å². The molecule has 210 valence electrons. The third-order valence-electron chi connectivity index (χ3n) is 7.55. The van der Waals surface area contributed by atoms with Gasteiger partial charge < -0.3 is 19.4 Å². The second-order valence-electron chi connectivity index (χ2n) is 10.0. The molecule has 0 bridgehead atoms. The highest BCUT2D eigenvalue weighted by Crippen LogP contribution is 2.30. The van der Waals surface area contributed by atoms with E-state index in [1.54, 1.807) is 11.8 Å². The first-order valence-electron chi connectivity index (χ1n) is 13.9. The highest BCUT2D eigenvalue weighted by molar-refractivity contribution is 5.80. The van der Waals surface area contributed by atoms with Crippen molar-refractivity contribution in [3.05, 3.63) is 106 Å². The minimum absolute atomic E-state index is 0.154. The predicted molar refractivity (Wildman–Crippen MR) is 158 cm³/mol. The Morgan fingerprint density at radius 3 is 2.41 bits per heavy atom. The molecule has 1 aliphatic heterocycles. The van der Waals surface area contributed by atoms with Crippen LogP contribution in [0.5, 0.6) is 11.5 Å². The summed E-state index contributed by atoms with van der Waals surface area (Å²) in [5.74, 6) is 2.23. The number of nitrogens with one attached hydrogen (secondary N) is 1. The first-order chi connectivity index (χ1) is 20.1. The molecule has 10 heteroatoms. The molecule has 2 aromatic heterocycles. The number of piperazine rings is 1. The average Bonchev–Trinajstić information content (AvgIpc) is 3.46. The van der Waals surface area contributed by atoms with Gasteiger partial charge in [-0.2, -0.15) is 0 Å². The molecular formula is C31H33N7O3. The van der Waals surface area contributed by atoms with Crippen molar-refractivity contribution in [2.75, 3.05) is 44.8 Å². The second-order valence-corrected chi connectivity index (χ2v) is 10.0. The highest BCUT2D eigenvalue weighted by Gasteiger charge is 2.33. The van der Waals surface area contributed by atoms with Crippen molar-refractivity contribution < 1.29 is 9.47 Å². The molecule has 1 N–H and O–H groups in total. The summed E-state index contributed by atoms with van der Waals surface area (Å²) in [5.41, 5.74) is 3.43. The van der Waals surface area contributed by atoms with Crippen LogP contribution in [0, 0.1) is 0 Å². The van der Waals surface area contributed by atoms with Crippen LogP contribution >= 0.6 is 0 Å². The minimum Gasteiger partial charge on any atom is -0.497 e. The Bertz CT molecular complexity index is 1660. The van der Waals surface area contributed by atoms with Crippen molar-refractivity contribution in [3.8, 4) is 11.5 Å². The number of benzene rings is 3. The van der Waals surface area contributed by atoms with Crippen molar-refractivity contribution in [1.29, 1.82) is 0 Å². The quantitative estimate of drug-likeness (QED) is 0.295. The van der Waals surface area contributed by atoms with Crippen LogP contribution in [0.4, 0.5) is 5.69 Å². The lowest BCUT2D eigenvalue weighted by molar-refractivity contribution is 0.200. The fourth-order valence-corrected chi connectivity index (χ4v) is 5.47. The number of tetrazole rings is 1. The first kappa shape index (κ1) is 26.5. The van der Waals surface area contributed by atoms with Crippen molar-refractivity contribution in [1.82, 2.24) is 30.1 Å².